The van der Waals surface area contributed by atoms with Gasteiger partial charge in [-0.2, -0.15) is 0 Å². The average molecular weight is 302 g/mol. The number of benzene rings is 1. The molecule has 0 spiro atoms. The molecule has 0 aliphatic carbocycles. The first-order valence-electron chi connectivity index (χ1n) is 8.19. The van der Waals surface area contributed by atoms with Gasteiger partial charge in [-0.25, -0.2) is 0 Å². The van der Waals surface area contributed by atoms with Crippen molar-refractivity contribution in [3.8, 4) is 0 Å². The van der Waals surface area contributed by atoms with E-state index in [0.717, 1.165) is 18.4 Å². The van der Waals surface area contributed by atoms with Crippen LogP contribution in [0.1, 0.15) is 39.2 Å². The molecule has 0 unspecified atom stereocenters. The normalized spacial score (nSPS) is 19.2. The summed E-state index contributed by atoms with van der Waals surface area (Å²) in [6.45, 7) is 7.51. The van der Waals surface area contributed by atoms with Crippen molar-refractivity contribution in [3.05, 3.63) is 35.9 Å². The Morgan fingerprint density at radius 3 is 2.36 bits per heavy atom. The second-order valence-corrected chi connectivity index (χ2v) is 6.08. The summed E-state index contributed by atoms with van der Waals surface area (Å²) >= 11 is 0. The molecule has 1 aliphatic heterocycles. The molecule has 0 N–H and O–H groups in total. The molecule has 1 aliphatic rings. The Bertz CT molecular complexity index is 511. The molecular formula is C18H26N2O2. The largest absolute Gasteiger partial charge is 0.329 e. The summed E-state index contributed by atoms with van der Waals surface area (Å²) in [7, 11) is 0. The van der Waals surface area contributed by atoms with E-state index in [4.69, 9.17) is 0 Å². The van der Waals surface area contributed by atoms with E-state index < -0.39 is 0 Å². The smallest absolute Gasteiger partial charge is 0.245 e. The van der Waals surface area contributed by atoms with E-state index in [1.54, 1.807) is 9.80 Å². The lowest BCUT2D eigenvalue weighted by atomic mass is 10.0. The SMILES string of the molecule is CCC(CC)CN1C(=O)CN(Cc2ccccc2)C(=O)[C@@H]1C. The van der Waals surface area contributed by atoms with Crippen LogP contribution in [0.3, 0.4) is 0 Å². The summed E-state index contributed by atoms with van der Waals surface area (Å²) in [4.78, 5) is 28.5. The van der Waals surface area contributed by atoms with Gasteiger partial charge in [-0.05, 0) is 18.4 Å². The van der Waals surface area contributed by atoms with Crippen molar-refractivity contribution in [2.24, 2.45) is 5.92 Å². The summed E-state index contributed by atoms with van der Waals surface area (Å²) in [6.07, 6.45) is 2.07. The molecule has 0 bridgehead atoms. The molecule has 2 rings (SSSR count). The zero-order valence-electron chi connectivity index (χ0n) is 13.8. The standard InChI is InChI=1S/C18H26N2O2/c1-4-15(5-2)12-20-14(3)18(22)19(13-17(20)21)11-16-9-7-6-8-10-16/h6-10,14-15H,4-5,11-13H2,1-3H3/t14-/m0/s1. The number of rotatable bonds is 6. The monoisotopic (exact) mass is 302 g/mol. The van der Waals surface area contributed by atoms with Crippen LogP contribution in [0.4, 0.5) is 0 Å². The first kappa shape index (κ1) is 16.5. The van der Waals surface area contributed by atoms with Gasteiger partial charge in [0.1, 0.15) is 12.6 Å². The Labute approximate surface area is 133 Å². The van der Waals surface area contributed by atoms with Crippen LogP contribution in [0, 0.1) is 5.92 Å². The molecular weight excluding hydrogens is 276 g/mol. The first-order valence-corrected chi connectivity index (χ1v) is 8.19. The number of amides is 2. The zero-order chi connectivity index (χ0) is 16.1. The number of carbonyl (C=O) groups excluding carboxylic acids is 2. The van der Waals surface area contributed by atoms with Gasteiger partial charge in [-0.15, -0.1) is 0 Å². The predicted molar refractivity (Wildman–Crippen MR) is 87.1 cm³/mol. The second kappa shape index (κ2) is 7.43. The number of hydrogen-bond acceptors (Lipinski definition) is 2. The van der Waals surface area contributed by atoms with Crippen LogP contribution in [0.2, 0.25) is 0 Å². The molecule has 22 heavy (non-hydrogen) atoms. The maximum Gasteiger partial charge on any atom is 0.245 e. The van der Waals surface area contributed by atoms with Gasteiger partial charge in [0.25, 0.3) is 0 Å². The number of nitrogens with zero attached hydrogens (tertiary/aromatic N) is 2. The van der Waals surface area contributed by atoms with E-state index in [1.165, 1.54) is 0 Å². The third-order valence-corrected chi connectivity index (χ3v) is 4.61. The molecule has 4 heteroatoms. The maximum atomic E-state index is 12.6. The number of carbonyl (C=O) groups is 2. The van der Waals surface area contributed by atoms with Gasteiger partial charge in [0.2, 0.25) is 11.8 Å². The van der Waals surface area contributed by atoms with E-state index in [2.05, 4.69) is 13.8 Å². The van der Waals surface area contributed by atoms with Crippen molar-refractivity contribution >= 4 is 11.8 Å². The molecule has 1 heterocycles. The van der Waals surface area contributed by atoms with Crippen LogP contribution < -0.4 is 0 Å². The number of hydrogen-bond donors (Lipinski definition) is 0. The van der Waals surface area contributed by atoms with Gasteiger partial charge in [0, 0.05) is 13.1 Å². The Morgan fingerprint density at radius 2 is 1.77 bits per heavy atom. The molecule has 1 aromatic carbocycles. The van der Waals surface area contributed by atoms with Crippen LogP contribution in [0.15, 0.2) is 30.3 Å². The van der Waals surface area contributed by atoms with Crippen molar-refractivity contribution in [1.82, 2.24) is 9.80 Å². The fraction of sp³-hybridized carbons (Fsp3) is 0.556. The van der Waals surface area contributed by atoms with Gasteiger partial charge in [0.15, 0.2) is 0 Å². The van der Waals surface area contributed by atoms with Crippen molar-refractivity contribution in [3.63, 3.8) is 0 Å². The summed E-state index contributed by atoms with van der Waals surface area (Å²) < 4.78 is 0. The summed E-state index contributed by atoms with van der Waals surface area (Å²) in [6, 6.07) is 9.47. The predicted octanol–water partition coefficient (Wildman–Crippen LogP) is 2.68. The van der Waals surface area contributed by atoms with Gasteiger partial charge >= 0.3 is 0 Å². The van der Waals surface area contributed by atoms with Gasteiger partial charge in [0.05, 0.1) is 0 Å². The Balaban J connectivity index is 2.05. The third kappa shape index (κ3) is 3.67. The zero-order valence-corrected chi connectivity index (χ0v) is 13.8. The van der Waals surface area contributed by atoms with Crippen molar-refractivity contribution < 1.29 is 9.59 Å². The highest BCUT2D eigenvalue weighted by atomic mass is 16.2. The van der Waals surface area contributed by atoms with Crippen LogP contribution >= 0.6 is 0 Å². The van der Waals surface area contributed by atoms with Crippen molar-refractivity contribution in [1.29, 1.82) is 0 Å². The van der Waals surface area contributed by atoms with E-state index >= 15 is 0 Å². The van der Waals surface area contributed by atoms with E-state index in [9.17, 15) is 9.59 Å². The first-order chi connectivity index (χ1) is 10.6. The van der Waals surface area contributed by atoms with Crippen molar-refractivity contribution in [2.45, 2.75) is 46.2 Å². The lowest BCUT2D eigenvalue weighted by Gasteiger charge is -2.40. The van der Waals surface area contributed by atoms with Gasteiger partial charge < -0.3 is 9.80 Å². The quantitative estimate of drug-likeness (QED) is 0.810. The lowest BCUT2D eigenvalue weighted by Crippen LogP contribution is -2.59. The Kier molecular flexibility index (Phi) is 5.58. The minimum Gasteiger partial charge on any atom is -0.329 e. The molecule has 1 fully saturated rings. The molecule has 0 radical (unpaired) electrons. The molecule has 0 saturated carbocycles. The Hall–Kier alpha value is -1.84. The minimum absolute atomic E-state index is 0.0504. The highest BCUT2D eigenvalue weighted by Crippen LogP contribution is 2.19. The summed E-state index contributed by atoms with van der Waals surface area (Å²) in [5.41, 5.74) is 1.06. The van der Waals surface area contributed by atoms with Crippen LogP contribution in [-0.4, -0.2) is 40.7 Å². The molecule has 2 amide bonds. The summed E-state index contributed by atoms with van der Waals surface area (Å²) in [5, 5.41) is 0. The molecule has 4 nitrogen and oxygen atoms in total. The van der Waals surface area contributed by atoms with Crippen LogP contribution in [-0.2, 0) is 16.1 Å². The molecule has 1 atom stereocenters. The van der Waals surface area contributed by atoms with Crippen LogP contribution in [0.5, 0.6) is 0 Å². The van der Waals surface area contributed by atoms with E-state index in [-0.39, 0.29) is 24.4 Å². The minimum atomic E-state index is -0.356. The average Bonchev–Trinajstić information content (AvgIpc) is 2.54. The van der Waals surface area contributed by atoms with E-state index in [0.29, 0.717) is 19.0 Å². The van der Waals surface area contributed by atoms with Gasteiger partial charge in [-0.3, -0.25) is 9.59 Å². The van der Waals surface area contributed by atoms with Crippen molar-refractivity contribution in [2.75, 3.05) is 13.1 Å². The van der Waals surface area contributed by atoms with Crippen LogP contribution in [0.25, 0.3) is 0 Å². The third-order valence-electron chi connectivity index (χ3n) is 4.61. The topological polar surface area (TPSA) is 40.6 Å². The Morgan fingerprint density at radius 1 is 1.14 bits per heavy atom. The molecule has 1 saturated heterocycles. The molecule has 0 aromatic heterocycles. The molecule has 120 valence electrons. The highest BCUT2D eigenvalue weighted by molar-refractivity contribution is 5.94. The number of piperazine rings is 1. The lowest BCUT2D eigenvalue weighted by molar-refractivity contribution is -0.156. The fourth-order valence-electron chi connectivity index (χ4n) is 2.97. The van der Waals surface area contributed by atoms with E-state index in [1.807, 2.05) is 37.3 Å². The fourth-order valence-corrected chi connectivity index (χ4v) is 2.97. The second-order valence-electron chi connectivity index (χ2n) is 6.08. The summed E-state index contributed by atoms with van der Waals surface area (Å²) in [5.74, 6) is 0.587. The highest BCUT2D eigenvalue weighted by Gasteiger charge is 2.36. The maximum absolute atomic E-state index is 12.6. The van der Waals surface area contributed by atoms with Gasteiger partial charge in [-0.1, -0.05) is 57.0 Å². The molecule has 1 aromatic rings.